The summed E-state index contributed by atoms with van der Waals surface area (Å²) >= 11 is 6.30. The van der Waals surface area contributed by atoms with Gasteiger partial charge < -0.3 is 9.80 Å². The Bertz CT molecular complexity index is 1300. The summed E-state index contributed by atoms with van der Waals surface area (Å²) in [5.74, 6) is -0.562. The molecule has 3 fully saturated rings. The number of carbonyl (C=O) groups is 3. The van der Waals surface area contributed by atoms with Crippen molar-refractivity contribution in [2.24, 2.45) is 7.05 Å². The highest BCUT2D eigenvalue weighted by molar-refractivity contribution is 6.33. The minimum Gasteiger partial charge on any atom is -0.330 e. The number of aryl methyl sites for hydroxylation is 1. The van der Waals surface area contributed by atoms with Crippen molar-refractivity contribution in [3.8, 4) is 6.07 Å². The molecule has 4 amide bonds. The Labute approximate surface area is 202 Å². The first kappa shape index (κ1) is 22.4. The predicted molar refractivity (Wildman–Crippen MR) is 125 cm³/mol. The summed E-state index contributed by atoms with van der Waals surface area (Å²) in [5.41, 5.74) is 2.22. The number of piperazine rings is 1. The highest BCUT2D eigenvalue weighted by Gasteiger charge is 2.63. The molecule has 176 valence electrons. The number of amides is 4. The third-order valence-electron chi connectivity index (χ3n) is 7.11. The number of likely N-dealkylation sites (tertiary alicyclic amines) is 1. The van der Waals surface area contributed by atoms with E-state index in [0.717, 1.165) is 10.6 Å². The first-order valence-electron chi connectivity index (χ1n) is 11.2. The third kappa shape index (κ3) is 2.98. The lowest BCUT2D eigenvalue weighted by molar-refractivity contribution is -0.121. The van der Waals surface area contributed by atoms with Gasteiger partial charge in [0.2, 0.25) is 0 Å². The molecule has 0 saturated carbocycles. The average Bonchev–Trinajstić information content (AvgIpc) is 3.52. The van der Waals surface area contributed by atoms with Crippen molar-refractivity contribution in [1.82, 2.24) is 19.6 Å². The van der Waals surface area contributed by atoms with E-state index in [4.69, 9.17) is 11.6 Å². The monoisotopic (exact) mass is 480 g/mol. The summed E-state index contributed by atoms with van der Waals surface area (Å²) < 4.78 is 1.59. The van der Waals surface area contributed by atoms with Gasteiger partial charge in [-0.3, -0.25) is 14.3 Å². The summed E-state index contributed by atoms with van der Waals surface area (Å²) in [6.07, 6.45) is 0.568. The molecule has 0 spiro atoms. The van der Waals surface area contributed by atoms with Gasteiger partial charge >= 0.3 is 6.03 Å². The van der Waals surface area contributed by atoms with Gasteiger partial charge in [0.15, 0.2) is 0 Å². The number of hydrogen-bond acceptors (Lipinski definition) is 5. The topological polar surface area (TPSA) is 103 Å². The van der Waals surface area contributed by atoms with E-state index in [1.165, 1.54) is 6.07 Å². The Balaban J connectivity index is 1.46. The quantitative estimate of drug-likeness (QED) is 0.615. The van der Waals surface area contributed by atoms with Crippen molar-refractivity contribution in [3.63, 3.8) is 0 Å². The van der Waals surface area contributed by atoms with Gasteiger partial charge in [0.05, 0.1) is 34.1 Å². The molecule has 3 aliphatic rings. The van der Waals surface area contributed by atoms with Crippen molar-refractivity contribution in [3.05, 3.63) is 45.7 Å². The van der Waals surface area contributed by atoms with Gasteiger partial charge in [0.1, 0.15) is 17.8 Å². The van der Waals surface area contributed by atoms with E-state index in [2.05, 4.69) is 5.10 Å². The van der Waals surface area contributed by atoms with Crippen molar-refractivity contribution in [2.75, 3.05) is 11.4 Å². The van der Waals surface area contributed by atoms with E-state index in [-0.39, 0.29) is 33.9 Å². The smallest absolute Gasteiger partial charge is 0.330 e. The van der Waals surface area contributed by atoms with Crippen LogP contribution in [0.25, 0.3) is 0 Å². The molecule has 10 heteroatoms. The van der Waals surface area contributed by atoms with Gasteiger partial charge in [0, 0.05) is 19.0 Å². The standard InChI is InChI=1S/C24H25ClN6O3/c1-12-15(7-6-13(10-26)19(12)25)31-22(33)20-16-8-14(30(20)23(31)34)11-29(16)21(32)17-9-18(24(2,3)4)27-28(17)5/h6-7,9,14,16,20H,8,11H2,1-5H3/t14-,16?,20?/m1/s1. The number of benzene rings is 1. The van der Waals surface area contributed by atoms with E-state index in [0.29, 0.717) is 29.9 Å². The van der Waals surface area contributed by atoms with Crippen LogP contribution in [0.2, 0.25) is 5.02 Å². The lowest BCUT2D eigenvalue weighted by atomic mass is 9.92. The summed E-state index contributed by atoms with van der Waals surface area (Å²) in [5, 5.41) is 13.9. The normalized spacial score (nSPS) is 23.7. The lowest BCUT2D eigenvalue weighted by Crippen LogP contribution is -2.55. The number of halogens is 1. The van der Waals surface area contributed by atoms with Crippen molar-refractivity contribution in [2.45, 2.75) is 57.7 Å². The Morgan fingerprint density at radius 3 is 2.59 bits per heavy atom. The highest BCUT2D eigenvalue weighted by Crippen LogP contribution is 2.44. The Kier molecular flexibility index (Phi) is 4.82. The number of carbonyl (C=O) groups excluding carboxylic acids is 3. The second-order valence-corrected chi connectivity index (χ2v) is 10.6. The predicted octanol–water partition coefficient (Wildman–Crippen LogP) is 2.99. The Hall–Kier alpha value is -3.38. The van der Waals surface area contributed by atoms with Crippen LogP contribution in [0.15, 0.2) is 18.2 Å². The molecule has 0 radical (unpaired) electrons. The van der Waals surface area contributed by atoms with Crippen molar-refractivity contribution >= 4 is 35.1 Å². The molecular weight excluding hydrogens is 456 g/mol. The second kappa shape index (κ2) is 7.31. The van der Waals surface area contributed by atoms with Gasteiger partial charge in [-0.1, -0.05) is 32.4 Å². The number of anilines is 1. The fourth-order valence-corrected chi connectivity index (χ4v) is 5.50. The fraction of sp³-hybridized carbons (Fsp3) is 0.458. The maximum atomic E-state index is 13.5. The van der Waals surface area contributed by atoms with Crippen LogP contribution >= 0.6 is 11.6 Å². The molecule has 3 saturated heterocycles. The maximum Gasteiger partial charge on any atom is 0.332 e. The Morgan fingerprint density at radius 1 is 1.26 bits per heavy atom. The fourth-order valence-electron chi connectivity index (χ4n) is 5.30. The van der Waals surface area contributed by atoms with E-state index in [9.17, 15) is 19.6 Å². The molecule has 4 heterocycles. The Morgan fingerprint density at radius 2 is 1.97 bits per heavy atom. The molecule has 9 nitrogen and oxygen atoms in total. The zero-order chi connectivity index (χ0) is 24.7. The maximum absolute atomic E-state index is 13.5. The minimum atomic E-state index is -0.737. The van der Waals surface area contributed by atoms with Crippen LogP contribution < -0.4 is 4.90 Å². The molecule has 1 aromatic carbocycles. The molecule has 2 bridgehead atoms. The molecule has 0 aliphatic carbocycles. The van der Waals surface area contributed by atoms with Crippen LogP contribution in [0, 0.1) is 18.3 Å². The van der Waals surface area contributed by atoms with Crippen LogP contribution in [0.1, 0.15) is 54.5 Å². The molecule has 1 aromatic heterocycles. The van der Waals surface area contributed by atoms with E-state index in [1.54, 1.807) is 34.5 Å². The molecule has 3 aliphatic heterocycles. The van der Waals surface area contributed by atoms with Crippen molar-refractivity contribution in [1.29, 1.82) is 5.26 Å². The number of imide groups is 1. The van der Waals surface area contributed by atoms with Gasteiger partial charge in [0.25, 0.3) is 11.8 Å². The molecule has 34 heavy (non-hydrogen) atoms. The van der Waals surface area contributed by atoms with E-state index < -0.39 is 18.1 Å². The summed E-state index contributed by atoms with van der Waals surface area (Å²) in [7, 11) is 1.74. The number of fused-ring (bicyclic) bond motifs is 5. The SMILES string of the molecule is Cc1c(N2C(=O)C3C4C[C@H](CN4C(=O)c4cc(C(C)(C)C)nn4C)N3C2=O)ccc(C#N)c1Cl. The minimum absolute atomic E-state index is 0.186. The third-order valence-corrected chi connectivity index (χ3v) is 7.60. The molecule has 3 atom stereocenters. The van der Waals surface area contributed by atoms with Crippen LogP contribution in [-0.2, 0) is 17.3 Å². The summed E-state index contributed by atoms with van der Waals surface area (Å²) in [4.78, 5) is 44.8. The average molecular weight is 481 g/mol. The number of hydrogen-bond donors (Lipinski definition) is 0. The zero-order valence-electron chi connectivity index (χ0n) is 19.7. The molecule has 2 aromatic rings. The zero-order valence-corrected chi connectivity index (χ0v) is 20.4. The van der Waals surface area contributed by atoms with Crippen molar-refractivity contribution < 1.29 is 14.4 Å². The lowest BCUT2D eigenvalue weighted by Gasteiger charge is -2.34. The molecule has 5 rings (SSSR count). The largest absolute Gasteiger partial charge is 0.332 e. The highest BCUT2D eigenvalue weighted by atomic mass is 35.5. The van der Waals surface area contributed by atoms with E-state index in [1.807, 2.05) is 32.9 Å². The number of aromatic nitrogens is 2. The number of rotatable bonds is 2. The number of urea groups is 1. The summed E-state index contributed by atoms with van der Waals surface area (Å²) in [6.45, 7) is 8.16. The van der Waals surface area contributed by atoms with Gasteiger partial charge in [-0.05, 0) is 37.1 Å². The van der Waals surface area contributed by atoms with Gasteiger partial charge in [-0.2, -0.15) is 10.4 Å². The second-order valence-electron chi connectivity index (χ2n) is 10.2. The first-order valence-corrected chi connectivity index (χ1v) is 11.5. The van der Waals surface area contributed by atoms with Crippen LogP contribution in [-0.4, -0.2) is 62.1 Å². The molecule has 0 N–H and O–H groups in total. The van der Waals surface area contributed by atoms with Crippen LogP contribution in [0.3, 0.4) is 0 Å². The summed E-state index contributed by atoms with van der Waals surface area (Å²) in [6, 6.07) is 5.12. The van der Waals surface area contributed by atoms with Gasteiger partial charge in [-0.25, -0.2) is 9.69 Å². The van der Waals surface area contributed by atoms with E-state index >= 15 is 0 Å². The molecular formula is C24H25ClN6O3. The van der Waals surface area contributed by atoms with Crippen LogP contribution in [0.5, 0.6) is 0 Å². The number of nitriles is 1. The number of nitrogens with zero attached hydrogens (tertiary/aromatic N) is 6. The first-order chi connectivity index (χ1) is 16.0. The van der Waals surface area contributed by atoms with Crippen LogP contribution in [0.4, 0.5) is 10.5 Å². The van der Waals surface area contributed by atoms with Gasteiger partial charge in [-0.15, -0.1) is 0 Å². The molecule has 2 unspecified atom stereocenters.